The highest BCUT2D eigenvalue weighted by Gasteiger charge is 2.07. The molecular weight excluding hydrogens is 146 g/mol. The van der Waals surface area contributed by atoms with Crippen LogP contribution in [0.25, 0.3) is 0 Å². The van der Waals surface area contributed by atoms with E-state index in [0.29, 0.717) is 10.7 Å². The Labute approximate surface area is 63.0 Å². The van der Waals surface area contributed by atoms with Crippen LogP contribution >= 0.6 is 0 Å². The number of nitrogens with two attached hydrogens (primary N) is 1. The van der Waals surface area contributed by atoms with Crippen molar-refractivity contribution >= 4 is 11.8 Å². The maximum absolute atomic E-state index is 10.3. The Hall–Kier alpha value is -1.62. The lowest BCUT2D eigenvalue weighted by atomic mass is 10.4. The summed E-state index contributed by atoms with van der Waals surface area (Å²) in [5, 5.41) is 9.01. The Morgan fingerprint density at radius 1 is 1.73 bits per heavy atom. The van der Waals surface area contributed by atoms with Gasteiger partial charge in [-0.15, -0.1) is 0 Å². The lowest BCUT2D eigenvalue weighted by molar-refractivity contribution is 0.202. The number of carboxylic acid groups (broad SMARTS) is 1. The van der Waals surface area contributed by atoms with Crippen molar-refractivity contribution in [2.24, 2.45) is 5.84 Å². The van der Waals surface area contributed by atoms with Crippen LogP contribution < -0.4 is 10.9 Å². The van der Waals surface area contributed by atoms with Crippen molar-refractivity contribution < 1.29 is 9.90 Å². The summed E-state index contributed by atoms with van der Waals surface area (Å²) in [5.41, 5.74) is 0.347. The van der Waals surface area contributed by atoms with Gasteiger partial charge in [0.2, 0.25) is 0 Å². The van der Waals surface area contributed by atoms with Gasteiger partial charge in [-0.3, -0.25) is 4.98 Å². The summed E-state index contributed by atoms with van der Waals surface area (Å²) >= 11 is 0. The molecule has 1 amide bonds. The number of nitrogens with zero attached hydrogens (tertiary/aromatic N) is 2. The minimum absolute atomic E-state index is 0.347. The summed E-state index contributed by atoms with van der Waals surface area (Å²) in [6.07, 6.45) is 1.70. The average Bonchev–Trinajstić information content (AvgIpc) is 2.05. The highest BCUT2D eigenvalue weighted by atomic mass is 16.4. The van der Waals surface area contributed by atoms with Crippen LogP contribution in [0.15, 0.2) is 24.5 Å². The summed E-state index contributed by atoms with van der Waals surface area (Å²) in [7, 11) is 0. The largest absolute Gasteiger partial charge is 0.464 e. The van der Waals surface area contributed by atoms with E-state index >= 15 is 0 Å². The molecule has 5 nitrogen and oxygen atoms in total. The molecule has 3 N–H and O–H groups in total. The fourth-order valence-electron chi connectivity index (χ4n) is 0.607. The van der Waals surface area contributed by atoms with E-state index in [0.717, 1.165) is 0 Å². The molecule has 0 bridgehead atoms. The van der Waals surface area contributed by atoms with E-state index in [9.17, 15) is 4.79 Å². The molecule has 1 rings (SSSR count). The van der Waals surface area contributed by atoms with Gasteiger partial charge in [-0.25, -0.2) is 15.6 Å². The van der Waals surface area contributed by atoms with E-state index < -0.39 is 6.09 Å². The monoisotopic (exact) mass is 153 g/mol. The van der Waals surface area contributed by atoms with Gasteiger partial charge in [0.1, 0.15) is 0 Å². The molecule has 11 heavy (non-hydrogen) atoms. The highest BCUT2D eigenvalue weighted by molar-refractivity contribution is 5.84. The number of pyridine rings is 1. The fourth-order valence-corrected chi connectivity index (χ4v) is 0.607. The minimum atomic E-state index is -1.21. The second-order valence-corrected chi connectivity index (χ2v) is 1.86. The zero-order valence-electron chi connectivity index (χ0n) is 5.64. The van der Waals surface area contributed by atoms with Crippen LogP contribution in [-0.2, 0) is 0 Å². The smallest absolute Gasteiger partial charge is 0.426 e. The molecule has 0 unspecified atom stereocenters. The number of aromatic nitrogens is 1. The van der Waals surface area contributed by atoms with E-state index in [1.165, 1.54) is 6.20 Å². The third-order valence-corrected chi connectivity index (χ3v) is 1.13. The lowest BCUT2D eigenvalue weighted by Gasteiger charge is -2.10. The second kappa shape index (κ2) is 2.98. The maximum atomic E-state index is 10.3. The first-order chi connectivity index (χ1) is 5.22. The highest BCUT2D eigenvalue weighted by Crippen LogP contribution is 2.06. The van der Waals surface area contributed by atoms with Crippen LogP contribution in [0.2, 0.25) is 0 Å². The molecule has 1 aromatic rings. The van der Waals surface area contributed by atoms with Gasteiger partial charge in [-0.2, -0.15) is 0 Å². The number of hydrogen-bond acceptors (Lipinski definition) is 3. The standard InChI is InChI=1S/C6H7N3O2/c7-9(6(10)11)5-2-1-3-8-4-5/h1-4H,7H2,(H,10,11). The Morgan fingerprint density at radius 3 is 2.91 bits per heavy atom. The molecule has 0 aliphatic heterocycles. The number of amides is 1. The van der Waals surface area contributed by atoms with E-state index in [-0.39, 0.29) is 0 Å². The van der Waals surface area contributed by atoms with E-state index in [1.54, 1.807) is 18.3 Å². The van der Waals surface area contributed by atoms with Crippen LogP contribution in [0.5, 0.6) is 0 Å². The molecule has 0 spiro atoms. The molecule has 1 aromatic heterocycles. The molecule has 0 saturated carbocycles. The fraction of sp³-hybridized carbons (Fsp3) is 0. The summed E-state index contributed by atoms with van der Waals surface area (Å²) in [6, 6.07) is 3.17. The van der Waals surface area contributed by atoms with Crippen molar-refractivity contribution in [2.75, 3.05) is 5.01 Å². The van der Waals surface area contributed by atoms with Gasteiger partial charge < -0.3 is 5.11 Å². The van der Waals surface area contributed by atoms with Crippen molar-refractivity contribution in [3.63, 3.8) is 0 Å². The van der Waals surface area contributed by atoms with Crippen LogP contribution in [0, 0.1) is 0 Å². The zero-order chi connectivity index (χ0) is 8.27. The number of hydrazine groups is 1. The first kappa shape index (κ1) is 7.49. The molecule has 0 atom stereocenters. The Morgan fingerprint density at radius 2 is 2.45 bits per heavy atom. The maximum Gasteiger partial charge on any atom is 0.426 e. The van der Waals surface area contributed by atoms with Crippen LogP contribution in [0.1, 0.15) is 0 Å². The molecule has 0 radical (unpaired) electrons. The zero-order valence-corrected chi connectivity index (χ0v) is 5.64. The molecule has 0 aromatic carbocycles. The number of carbonyl (C=O) groups is 1. The minimum Gasteiger partial charge on any atom is -0.464 e. The van der Waals surface area contributed by atoms with Crippen LogP contribution in [0.4, 0.5) is 10.5 Å². The SMILES string of the molecule is NN(C(=O)O)c1cccnc1. The molecule has 1 heterocycles. The summed E-state index contributed by atoms with van der Waals surface area (Å²) in [5.74, 6) is 5.13. The molecule has 0 aliphatic carbocycles. The third-order valence-electron chi connectivity index (χ3n) is 1.13. The number of hydrogen-bond donors (Lipinski definition) is 2. The van der Waals surface area contributed by atoms with E-state index in [2.05, 4.69) is 4.98 Å². The Kier molecular flexibility index (Phi) is 2.03. The van der Waals surface area contributed by atoms with E-state index in [4.69, 9.17) is 10.9 Å². The van der Waals surface area contributed by atoms with E-state index in [1.807, 2.05) is 0 Å². The van der Waals surface area contributed by atoms with Crippen LogP contribution in [0.3, 0.4) is 0 Å². The first-order valence-corrected chi connectivity index (χ1v) is 2.89. The molecule has 5 heteroatoms. The van der Waals surface area contributed by atoms with Crippen LogP contribution in [-0.4, -0.2) is 16.2 Å². The third kappa shape index (κ3) is 1.65. The molecular formula is C6H7N3O2. The topological polar surface area (TPSA) is 79.5 Å². The molecule has 0 aliphatic rings. The van der Waals surface area contributed by atoms with Crippen molar-refractivity contribution in [3.05, 3.63) is 24.5 Å². The van der Waals surface area contributed by atoms with Crippen molar-refractivity contribution in [1.29, 1.82) is 0 Å². The summed E-state index contributed by atoms with van der Waals surface area (Å²) in [4.78, 5) is 14.0. The van der Waals surface area contributed by atoms with Gasteiger partial charge in [0.15, 0.2) is 0 Å². The quantitative estimate of drug-likeness (QED) is 0.348. The van der Waals surface area contributed by atoms with Gasteiger partial charge in [-0.05, 0) is 12.1 Å². The Bertz CT molecular complexity index is 249. The van der Waals surface area contributed by atoms with Crippen molar-refractivity contribution in [1.82, 2.24) is 4.98 Å². The summed E-state index contributed by atoms with van der Waals surface area (Å²) in [6.45, 7) is 0. The van der Waals surface area contributed by atoms with Gasteiger partial charge in [0.25, 0.3) is 0 Å². The summed E-state index contributed by atoms with van der Waals surface area (Å²) < 4.78 is 0. The van der Waals surface area contributed by atoms with Gasteiger partial charge >= 0.3 is 6.09 Å². The number of rotatable bonds is 1. The Balaban J connectivity index is 2.85. The van der Waals surface area contributed by atoms with Gasteiger partial charge in [-0.1, -0.05) is 0 Å². The van der Waals surface area contributed by atoms with Crippen molar-refractivity contribution in [2.45, 2.75) is 0 Å². The predicted molar refractivity (Wildman–Crippen MR) is 38.9 cm³/mol. The molecule has 0 fully saturated rings. The van der Waals surface area contributed by atoms with Gasteiger partial charge in [0.05, 0.1) is 11.9 Å². The van der Waals surface area contributed by atoms with Gasteiger partial charge in [0, 0.05) is 6.20 Å². The lowest BCUT2D eigenvalue weighted by Crippen LogP contribution is -2.35. The number of anilines is 1. The molecule has 58 valence electrons. The average molecular weight is 153 g/mol. The van der Waals surface area contributed by atoms with Crippen molar-refractivity contribution in [3.8, 4) is 0 Å². The second-order valence-electron chi connectivity index (χ2n) is 1.86. The normalized spacial score (nSPS) is 9.18. The molecule has 0 saturated heterocycles. The predicted octanol–water partition coefficient (Wildman–Crippen LogP) is 0.440. The first-order valence-electron chi connectivity index (χ1n) is 2.89.